The van der Waals surface area contributed by atoms with Crippen LogP contribution in [0.5, 0.6) is 11.5 Å². The molecule has 0 saturated carbocycles. The Kier molecular flexibility index (Phi) is 9.55. The van der Waals surface area contributed by atoms with Gasteiger partial charge < -0.3 is 19.3 Å². The molecular weight excluding hydrogens is 388 g/mol. The summed E-state index contributed by atoms with van der Waals surface area (Å²) in [5, 5.41) is 10.00. The van der Waals surface area contributed by atoms with Crippen LogP contribution in [0.3, 0.4) is 0 Å². The number of benzene rings is 2. The lowest BCUT2D eigenvalue weighted by molar-refractivity contribution is -0.145. The number of aromatic hydroxyl groups is 1. The van der Waals surface area contributed by atoms with E-state index in [1.807, 2.05) is 0 Å². The summed E-state index contributed by atoms with van der Waals surface area (Å²) in [7, 11) is 1.33. The van der Waals surface area contributed by atoms with Gasteiger partial charge in [-0.2, -0.15) is 0 Å². The van der Waals surface area contributed by atoms with Gasteiger partial charge >= 0.3 is 11.9 Å². The van der Waals surface area contributed by atoms with Crippen LogP contribution in [0.15, 0.2) is 72.8 Å². The molecule has 0 aliphatic heterocycles. The largest absolute Gasteiger partial charge is 0.507 e. The van der Waals surface area contributed by atoms with Gasteiger partial charge in [0.2, 0.25) is 6.79 Å². The Morgan fingerprint density at radius 3 is 2.00 bits per heavy atom. The van der Waals surface area contributed by atoms with E-state index in [4.69, 9.17) is 9.47 Å². The monoisotopic (exact) mass is 412 g/mol. The van der Waals surface area contributed by atoms with Crippen LogP contribution in [0, 0.1) is 0 Å². The Morgan fingerprint density at radius 2 is 1.53 bits per heavy atom. The van der Waals surface area contributed by atoms with Gasteiger partial charge in [-0.3, -0.25) is 4.79 Å². The van der Waals surface area contributed by atoms with Gasteiger partial charge in [-0.25, -0.2) is 9.59 Å². The molecule has 0 heterocycles. The lowest BCUT2D eigenvalue weighted by Gasteiger charge is -2.09. The molecule has 158 valence electrons. The molecule has 0 aromatic heterocycles. The highest BCUT2D eigenvalue weighted by Gasteiger charge is 2.14. The van der Waals surface area contributed by atoms with Gasteiger partial charge in [-0.15, -0.1) is 0 Å². The van der Waals surface area contributed by atoms with E-state index in [-0.39, 0.29) is 41.2 Å². The van der Waals surface area contributed by atoms with Crippen LogP contribution in [-0.4, -0.2) is 36.7 Å². The van der Waals surface area contributed by atoms with Crippen molar-refractivity contribution in [3.05, 3.63) is 84.0 Å². The molecule has 2 aromatic carbocycles. The number of phenolic OH excluding ortho intramolecular Hbond substituents is 1. The van der Waals surface area contributed by atoms with Crippen molar-refractivity contribution in [2.75, 3.05) is 13.9 Å². The van der Waals surface area contributed by atoms with Crippen LogP contribution in [-0.2, 0) is 19.1 Å². The quantitative estimate of drug-likeness (QED) is 0.319. The average molecular weight is 412 g/mol. The second kappa shape index (κ2) is 11.9. The van der Waals surface area contributed by atoms with Crippen LogP contribution in [0.4, 0.5) is 0 Å². The van der Waals surface area contributed by atoms with Crippen molar-refractivity contribution in [2.24, 2.45) is 0 Å². The Bertz CT molecular complexity index is 930. The summed E-state index contributed by atoms with van der Waals surface area (Å²) in [5.74, 6) is -1.13. The number of ketones is 1. The number of rotatable bonds is 7. The highest BCUT2D eigenvalue weighted by Crippen LogP contribution is 2.26. The number of carbonyl (C=O) groups excluding carboxylic acids is 3. The van der Waals surface area contributed by atoms with E-state index in [1.54, 1.807) is 37.3 Å². The zero-order valence-corrected chi connectivity index (χ0v) is 17.1. The first-order valence-corrected chi connectivity index (χ1v) is 8.79. The maximum absolute atomic E-state index is 12.3. The predicted octanol–water partition coefficient (Wildman–Crippen LogP) is 3.81. The van der Waals surface area contributed by atoms with E-state index in [0.717, 1.165) is 0 Å². The van der Waals surface area contributed by atoms with E-state index >= 15 is 0 Å². The summed E-state index contributed by atoms with van der Waals surface area (Å²) < 4.78 is 14.3. The summed E-state index contributed by atoms with van der Waals surface area (Å²) >= 11 is 0. The van der Waals surface area contributed by atoms with Gasteiger partial charge in [-0.1, -0.05) is 43.5 Å². The molecule has 7 nitrogen and oxygen atoms in total. The topological polar surface area (TPSA) is 99.1 Å². The molecule has 0 saturated heterocycles. The number of phenols is 1. The van der Waals surface area contributed by atoms with E-state index in [1.165, 1.54) is 32.2 Å². The van der Waals surface area contributed by atoms with Crippen molar-refractivity contribution >= 4 is 17.7 Å². The minimum Gasteiger partial charge on any atom is -0.507 e. The molecule has 0 bridgehead atoms. The van der Waals surface area contributed by atoms with E-state index in [0.29, 0.717) is 11.1 Å². The van der Waals surface area contributed by atoms with Crippen molar-refractivity contribution in [3.63, 3.8) is 0 Å². The fourth-order valence-corrected chi connectivity index (χ4v) is 1.99. The number of ether oxygens (including phenoxy) is 3. The highest BCUT2D eigenvalue weighted by molar-refractivity contribution is 6.10. The molecule has 0 aliphatic carbocycles. The highest BCUT2D eigenvalue weighted by atomic mass is 16.7. The third kappa shape index (κ3) is 7.63. The van der Waals surface area contributed by atoms with Crippen molar-refractivity contribution in [3.8, 4) is 11.5 Å². The lowest BCUT2D eigenvalue weighted by Crippen LogP contribution is -2.10. The molecule has 0 spiro atoms. The summed E-state index contributed by atoms with van der Waals surface area (Å²) in [6.45, 7) is 9.62. The van der Waals surface area contributed by atoms with Gasteiger partial charge in [0.15, 0.2) is 5.78 Å². The van der Waals surface area contributed by atoms with Crippen LogP contribution < -0.4 is 4.74 Å². The fraction of sp³-hybridized carbons (Fsp3) is 0.174. The zero-order chi connectivity index (χ0) is 22.7. The molecule has 1 N–H and O–H groups in total. The molecular formula is C23H24O7. The summed E-state index contributed by atoms with van der Waals surface area (Å²) in [5.41, 5.74) is 1.34. The molecule has 2 rings (SSSR count). The van der Waals surface area contributed by atoms with Crippen molar-refractivity contribution < 1.29 is 33.7 Å². The molecule has 0 atom stereocenters. The minimum absolute atomic E-state index is 0.169. The average Bonchev–Trinajstić information content (AvgIpc) is 2.73. The first-order chi connectivity index (χ1) is 14.2. The SMILES string of the molecule is C=C(C)C(=O)OC.C=C(C)C(=O)OCOc1ccc(C(=O)c2ccccc2)c(O)c1. The van der Waals surface area contributed by atoms with Gasteiger partial charge in [0, 0.05) is 22.8 Å². The Balaban J connectivity index is 0.000000553. The van der Waals surface area contributed by atoms with Gasteiger partial charge in [0.1, 0.15) is 11.5 Å². The first kappa shape index (κ1) is 24.2. The molecule has 2 aromatic rings. The number of carbonyl (C=O) groups is 3. The first-order valence-electron chi connectivity index (χ1n) is 8.79. The Labute approximate surface area is 175 Å². The summed E-state index contributed by atoms with van der Waals surface area (Å²) in [4.78, 5) is 33.7. The Morgan fingerprint density at radius 1 is 0.933 bits per heavy atom. The summed E-state index contributed by atoms with van der Waals surface area (Å²) in [6.07, 6.45) is 0. The molecule has 7 heteroatoms. The molecule has 30 heavy (non-hydrogen) atoms. The van der Waals surface area contributed by atoms with Crippen molar-refractivity contribution in [2.45, 2.75) is 13.8 Å². The van der Waals surface area contributed by atoms with Crippen molar-refractivity contribution in [1.29, 1.82) is 0 Å². The number of methoxy groups -OCH3 is 1. The molecule has 0 fully saturated rings. The zero-order valence-electron chi connectivity index (χ0n) is 17.1. The Hall–Kier alpha value is -3.87. The minimum atomic E-state index is -0.565. The van der Waals surface area contributed by atoms with Gasteiger partial charge in [0.25, 0.3) is 0 Å². The second-order valence-corrected chi connectivity index (χ2v) is 6.12. The van der Waals surface area contributed by atoms with E-state index < -0.39 is 5.97 Å². The molecule has 0 unspecified atom stereocenters. The molecule has 0 radical (unpaired) electrons. The predicted molar refractivity (Wildman–Crippen MR) is 111 cm³/mol. The fourth-order valence-electron chi connectivity index (χ4n) is 1.99. The summed E-state index contributed by atoms with van der Waals surface area (Å²) in [6, 6.07) is 12.9. The van der Waals surface area contributed by atoms with Crippen LogP contribution in [0.2, 0.25) is 0 Å². The number of hydrogen-bond acceptors (Lipinski definition) is 7. The normalized spacial score (nSPS) is 9.43. The maximum atomic E-state index is 12.3. The van der Waals surface area contributed by atoms with Gasteiger partial charge in [0.05, 0.1) is 12.7 Å². The van der Waals surface area contributed by atoms with Crippen molar-refractivity contribution in [1.82, 2.24) is 0 Å². The van der Waals surface area contributed by atoms with Crippen LogP contribution in [0.1, 0.15) is 29.8 Å². The smallest absolute Gasteiger partial charge is 0.335 e. The third-order valence-electron chi connectivity index (χ3n) is 3.55. The second-order valence-electron chi connectivity index (χ2n) is 6.12. The maximum Gasteiger partial charge on any atom is 0.335 e. The molecule has 0 aliphatic rings. The van der Waals surface area contributed by atoms with Gasteiger partial charge in [-0.05, 0) is 26.0 Å². The van der Waals surface area contributed by atoms with E-state index in [2.05, 4.69) is 17.9 Å². The third-order valence-corrected chi connectivity index (χ3v) is 3.55. The van der Waals surface area contributed by atoms with Crippen LogP contribution in [0.25, 0.3) is 0 Å². The lowest BCUT2D eigenvalue weighted by atomic mass is 10.0. The standard InChI is InChI=1S/C18H16O5.C5H8O2/c1-12(2)18(21)23-11-22-14-8-9-15(16(19)10-14)17(20)13-6-4-3-5-7-13;1-4(2)5(6)7-3/h3-10,19H,1,11H2,2H3;1H2,2-3H3. The van der Waals surface area contributed by atoms with E-state index in [9.17, 15) is 19.5 Å². The molecule has 0 amide bonds. The number of hydrogen-bond donors (Lipinski definition) is 1. The number of esters is 2. The van der Waals surface area contributed by atoms with Crippen LogP contribution >= 0.6 is 0 Å².